The predicted octanol–water partition coefficient (Wildman–Crippen LogP) is 3.41. The van der Waals surface area contributed by atoms with Gasteiger partial charge in [0.1, 0.15) is 0 Å². The summed E-state index contributed by atoms with van der Waals surface area (Å²) < 4.78 is 0. The molecule has 1 rings (SSSR count). The number of benzene rings is 1. The van der Waals surface area contributed by atoms with E-state index in [0.717, 1.165) is 37.1 Å². The molecule has 1 aromatic rings. The Bertz CT molecular complexity index is 339. The number of hydrogen-bond acceptors (Lipinski definition) is 2. The van der Waals surface area contributed by atoms with E-state index in [1.54, 1.807) is 0 Å². The van der Waals surface area contributed by atoms with Crippen LogP contribution in [0.5, 0.6) is 0 Å². The Morgan fingerprint density at radius 1 is 1.22 bits per heavy atom. The van der Waals surface area contributed by atoms with Crippen LogP contribution in [-0.2, 0) is 6.54 Å². The Morgan fingerprint density at radius 3 is 2.61 bits per heavy atom. The van der Waals surface area contributed by atoms with E-state index in [1.165, 1.54) is 12.0 Å². The fourth-order valence-corrected chi connectivity index (χ4v) is 1.98. The molecule has 3 heteroatoms. The van der Waals surface area contributed by atoms with E-state index < -0.39 is 0 Å². The molecule has 0 unspecified atom stereocenters. The van der Waals surface area contributed by atoms with Crippen molar-refractivity contribution in [3.05, 3.63) is 34.9 Å². The second kappa shape index (κ2) is 8.52. The van der Waals surface area contributed by atoms with E-state index >= 15 is 0 Å². The van der Waals surface area contributed by atoms with Crippen LogP contribution in [0.15, 0.2) is 24.3 Å². The van der Waals surface area contributed by atoms with Gasteiger partial charge >= 0.3 is 0 Å². The Labute approximate surface area is 116 Å². The molecule has 1 aromatic carbocycles. The molecule has 0 heterocycles. The van der Waals surface area contributed by atoms with Crippen molar-refractivity contribution in [3.63, 3.8) is 0 Å². The summed E-state index contributed by atoms with van der Waals surface area (Å²) in [5.74, 6) is 0.776. The first kappa shape index (κ1) is 15.5. The van der Waals surface area contributed by atoms with E-state index in [4.69, 9.17) is 11.6 Å². The third kappa shape index (κ3) is 6.39. The zero-order valence-electron chi connectivity index (χ0n) is 11.7. The molecule has 0 aromatic heterocycles. The van der Waals surface area contributed by atoms with Gasteiger partial charge in [0.05, 0.1) is 0 Å². The van der Waals surface area contributed by atoms with Gasteiger partial charge in [-0.2, -0.15) is 0 Å². The molecule has 0 aliphatic carbocycles. The van der Waals surface area contributed by atoms with Crippen LogP contribution in [0.3, 0.4) is 0 Å². The lowest BCUT2D eigenvalue weighted by Gasteiger charge is -2.18. The molecular weight excluding hydrogens is 244 g/mol. The molecule has 0 amide bonds. The van der Waals surface area contributed by atoms with Crippen LogP contribution in [0.4, 0.5) is 0 Å². The minimum atomic E-state index is 0.776. The molecule has 102 valence electrons. The summed E-state index contributed by atoms with van der Waals surface area (Å²) in [4.78, 5) is 2.30. The van der Waals surface area contributed by atoms with Crippen LogP contribution in [0.25, 0.3) is 0 Å². The summed E-state index contributed by atoms with van der Waals surface area (Å²) >= 11 is 6.14. The maximum atomic E-state index is 6.14. The molecule has 0 bridgehead atoms. The maximum absolute atomic E-state index is 6.14. The average molecular weight is 269 g/mol. The Hall–Kier alpha value is -0.570. The van der Waals surface area contributed by atoms with Gasteiger partial charge in [0.25, 0.3) is 0 Å². The predicted molar refractivity (Wildman–Crippen MR) is 80.1 cm³/mol. The van der Waals surface area contributed by atoms with Crippen LogP contribution >= 0.6 is 11.6 Å². The van der Waals surface area contributed by atoms with E-state index in [2.05, 4.69) is 37.2 Å². The number of rotatable bonds is 8. The number of hydrogen-bond donors (Lipinski definition) is 1. The Kier molecular flexibility index (Phi) is 7.33. The van der Waals surface area contributed by atoms with Gasteiger partial charge in [0.2, 0.25) is 0 Å². The standard InChI is InChI=1S/C15H25ClN2/c1-13(2)8-9-17-10-11-18(3)12-14-6-4-5-7-15(14)16/h4-7,13,17H,8-12H2,1-3H3. The number of nitrogens with one attached hydrogen (secondary N) is 1. The number of likely N-dealkylation sites (N-methyl/N-ethyl adjacent to an activating group) is 1. The number of halogens is 1. The Morgan fingerprint density at radius 2 is 1.94 bits per heavy atom. The maximum Gasteiger partial charge on any atom is 0.0451 e. The second-order valence-corrected chi connectivity index (χ2v) is 5.67. The van der Waals surface area contributed by atoms with Crippen molar-refractivity contribution in [1.29, 1.82) is 0 Å². The van der Waals surface area contributed by atoms with Crippen molar-refractivity contribution in [2.24, 2.45) is 5.92 Å². The van der Waals surface area contributed by atoms with Crippen molar-refractivity contribution < 1.29 is 0 Å². The van der Waals surface area contributed by atoms with E-state index in [1.807, 2.05) is 18.2 Å². The van der Waals surface area contributed by atoms with Gasteiger partial charge in [-0.3, -0.25) is 0 Å². The first-order valence-corrected chi connectivity index (χ1v) is 7.10. The molecule has 0 saturated carbocycles. The summed E-state index contributed by atoms with van der Waals surface area (Å²) in [6.07, 6.45) is 1.24. The third-order valence-corrected chi connectivity index (χ3v) is 3.34. The fourth-order valence-electron chi connectivity index (χ4n) is 1.78. The smallest absolute Gasteiger partial charge is 0.0451 e. The van der Waals surface area contributed by atoms with E-state index in [0.29, 0.717) is 0 Å². The quantitative estimate of drug-likeness (QED) is 0.727. The molecule has 0 aliphatic rings. The van der Waals surface area contributed by atoms with Crippen LogP contribution in [0.2, 0.25) is 5.02 Å². The normalized spacial score (nSPS) is 11.4. The topological polar surface area (TPSA) is 15.3 Å². The van der Waals surface area contributed by atoms with Crippen molar-refractivity contribution in [1.82, 2.24) is 10.2 Å². The van der Waals surface area contributed by atoms with Gasteiger partial charge in [0.15, 0.2) is 0 Å². The van der Waals surface area contributed by atoms with Gasteiger partial charge in [-0.05, 0) is 37.6 Å². The first-order valence-electron chi connectivity index (χ1n) is 6.72. The van der Waals surface area contributed by atoms with Crippen LogP contribution in [0, 0.1) is 5.92 Å². The first-order chi connectivity index (χ1) is 8.59. The van der Waals surface area contributed by atoms with Crippen molar-refractivity contribution >= 4 is 11.6 Å². The zero-order valence-corrected chi connectivity index (χ0v) is 12.5. The molecule has 0 radical (unpaired) electrons. The molecule has 2 nitrogen and oxygen atoms in total. The monoisotopic (exact) mass is 268 g/mol. The highest BCUT2D eigenvalue weighted by Gasteiger charge is 2.03. The SMILES string of the molecule is CC(C)CCNCCN(C)Cc1ccccc1Cl. The highest BCUT2D eigenvalue weighted by atomic mass is 35.5. The molecule has 0 saturated heterocycles. The van der Waals surface area contributed by atoms with Gasteiger partial charge in [-0.15, -0.1) is 0 Å². The largest absolute Gasteiger partial charge is 0.315 e. The summed E-state index contributed by atoms with van der Waals surface area (Å²) in [6.45, 7) is 8.61. The lowest BCUT2D eigenvalue weighted by atomic mass is 10.1. The van der Waals surface area contributed by atoms with Crippen LogP contribution < -0.4 is 5.32 Å². The van der Waals surface area contributed by atoms with Gasteiger partial charge in [0, 0.05) is 24.7 Å². The van der Waals surface area contributed by atoms with Gasteiger partial charge < -0.3 is 10.2 Å². The van der Waals surface area contributed by atoms with Crippen molar-refractivity contribution in [2.75, 3.05) is 26.7 Å². The molecular formula is C15H25ClN2. The van der Waals surface area contributed by atoms with Gasteiger partial charge in [-0.25, -0.2) is 0 Å². The van der Waals surface area contributed by atoms with Crippen LogP contribution in [0.1, 0.15) is 25.8 Å². The minimum absolute atomic E-state index is 0.776. The lowest BCUT2D eigenvalue weighted by Crippen LogP contribution is -2.29. The number of nitrogens with zero attached hydrogens (tertiary/aromatic N) is 1. The highest BCUT2D eigenvalue weighted by molar-refractivity contribution is 6.31. The molecule has 18 heavy (non-hydrogen) atoms. The zero-order chi connectivity index (χ0) is 13.4. The molecule has 0 spiro atoms. The summed E-state index contributed by atoms with van der Waals surface area (Å²) in [5.41, 5.74) is 1.20. The van der Waals surface area contributed by atoms with Crippen LogP contribution in [-0.4, -0.2) is 31.6 Å². The summed E-state index contributed by atoms with van der Waals surface area (Å²) in [7, 11) is 2.13. The van der Waals surface area contributed by atoms with Crippen molar-refractivity contribution in [3.8, 4) is 0 Å². The lowest BCUT2D eigenvalue weighted by molar-refractivity contribution is 0.323. The summed E-state index contributed by atoms with van der Waals surface area (Å²) in [6, 6.07) is 8.05. The van der Waals surface area contributed by atoms with E-state index in [-0.39, 0.29) is 0 Å². The third-order valence-electron chi connectivity index (χ3n) is 2.97. The summed E-state index contributed by atoms with van der Waals surface area (Å²) in [5, 5.41) is 4.33. The van der Waals surface area contributed by atoms with Gasteiger partial charge in [-0.1, -0.05) is 43.6 Å². The molecule has 0 aliphatic heterocycles. The van der Waals surface area contributed by atoms with E-state index in [9.17, 15) is 0 Å². The average Bonchev–Trinajstić information content (AvgIpc) is 2.31. The molecule has 0 fully saturated rings. The fraction of sp³-hybridized carbons (Fsp3) is 0.600. The second-order valence-electron chi connectivity index (χ2n) is 5.26. The molecule has 0 atom stereocenters. The highest BCUT2D eigenvalue weighted by Crippen LogP contribution is 2.16. The Balaban J connectivity index is 2.18. The minimum Gasteiger partial charge on any atom is -0.315 e. The van der Waals surface area contributed by atoms with Crippen molar-refractivity contribution in [2.45, 2.75) is 26.8 Å². The molecule has 1 N–H and O–H groups in total.